The molecule has 0 aromatic rings. The van der Waals surface area contributed by atoms with E-state index in [-0.39, 0.29) is 5.60 Å². The third-order valence-electron chi connectivity index (χ3n) is 2.45. The minimum Gasteiger partial charge on any atom is -0.381 e. The molecular weight excluding hydrogens is 154 g/mol. The average molecular weight is 173 g/mol. The summed E-state index contributed by atoms with van der Waals surface area (Å²) in [4.78, 5) is 0. The summed E-state index contributed by atoms with van der Waals surface area (Å²) in [6.07, 6.45) is 2.96. The van der Waals surface area contributed by atoms with Gasteiger partial charge >= 0.3 is 0 Å². The lowest BCUT2D eigenvalue weighted by Crippen LogP contribution is -2.40. The molecule has 3 nitrogen and oxygen atoms in total. The van der Waals surface area contributed by atoms with E-state index in [0.717, 1.165) is 39.1 Å². The van der Waals surface area contributed by atoms with E-state index in [9.17, 15) is 0 Å². The lowest BCUT2D eigenvalue weighted by Gasteiger charge is -2.36. The minimum absolute atomic E-state index is 0.0295. The van der Waals surface area contributed by atoms with Crippen molar-refractivity contribution in [2.45, 2.75) is 31.8 Å². The Morgan fingerprint density at radius 2 is 2.08 bits per heavy atom. The van der Waals surface area contributed by atoms with Crippen molar-refractivity contribution < 1.29 is 9.47 Å². The molecule has 0 aliphatic carbocycles. The summed E-state index contributed by atoms with van der Waals surface area (Å²) < 4.78 is 11.0. The van der Waals surface area contributed by atoms with E-state index in [0.29, 0.717) is 6.54 Å². The first-order chi connectivity index (χ1) is 5.83. The molecule has 1 saturated heterocycles. The van der Waals surface area contributed by atoms with Crippen molar-refractivity contribution in [1.29, 1.82) is 0 Å². The Kier molecular flexibility index (Phi) is 3.98. The molecule has 0 radical (unpaired) electrons. The van der Waals surface area contributed by atoms with Gasteiger partial charge in [-0.05, 0) is 32.7 Å². The molecule has 0 atom stereocenters. The van der Waals surface area contributed by atoms with Gasteiger partial charge in [0.2, 0.25) is 0 Å². The number of ether oxygens (including phenoxy) is 2. The van der Waals surface area contributed by atoms with E-state index in [4.69, 9.17) is 15.2 Å². The maximum atomic E-state index is 5.75. The maximum absolute atomic E-state index is 5.75. The van der Waals surface area contributed by atoms with E-state index in [2.05, 4.69) is 0 Å². The molecule has 0 aromatic heterocycles. The van der Waals surface area contributed by atoms with Crippen molar-refractivity contribution in [2.24, 2.45) is 5.73 Å². The lowest BCUT2D eigenvalue weighted by molar-refractivity contribution is -0.110. The molecule has 12 heavy (non-hydrogen) atoms. The van der Waals surface area contributed by atoms with Crippen LogP contribution in [0.3, 0.4) is 0 Å². The Morgan fingerprint density at radius 1 is 1.42 bits per heavy atom. The zero-order valence-electron chi connectivity index (χ0n) is 7.84. The third kappa shape index (κ3) is 2.44. The molecule has 1 rings (SSSR count). The summed E-state index contributed by atoms with van der Waals surface area (Å²) in [6.45, 7) is 5.16. The summed E-state index contributed by atoms with van der Waals surface area (Å²) in [5, 5.41) is 0. The van der Waals surface area contributed by atoms with Crippen molar-refractivity contribution >= 4 is 0 Å². The molecule has 3 heteroatoms. The van der Waals surface area contributed by atoms with Crippen LogP contribution in [0, 0.1) is 0 Å². The Balaban J connectivity index is 2.44. The third-order valence-corrected chi connectivity index (χ3v) is 2.45. The van der Waals surface area contributed by atoms with Gasteiger partial charge in [-0.3, -0.25) is 0 Å². The highest BCUT2D eigenvalue weighted by Gasteiger charge is 2.31. The highest BCUT2D eigenvalue weighted by atomic mass is 16.5. The number of hydrogen-bond donors (Lipinski definition) is 1. The molecule has 1 aliphatic heterocycles. The normalized spacial score (nSPS) is 22.5. The zero-order chi connectivity index (χ0) is 8.86. The fourth-order valence-electron chi connectivity index (χ4n) is 1.78. The van der Waals surface area contributed by atoms with Crippen LogP contribution < -0.4 is 5.73 Å². The summed E-state index contributed by atoms with van der Waals surface area (Å²) in [6, 6.07) is 0. The number of rotatable bonds is 4. The van der Waals surface area contributed by atoms with Gasteiger partial charge in [-0.1, -0.05) is 0 Å². The first-order valence-electron chi connectivity index (χ1n) is 4.75. The van der Waals surface area contributed by atoms with E-state index in [1.165, 1.54) is 0 Å². The largest absolute Gasteiger partial charge is 0.381 e. The Hall–Kier alpha value is -0.120. The van der Waals surface area contributed by atoms with Gasteiger partial charge in [-0.15, -0.1) is 0 Å². The van der Waals surface area contributed by atoms with Crippen LogP contribution in [-0.4, -0.2) is 32.0 Å². The van der Waals surface area contributed by atoms with Gasteiger partial charge in [0.1, 0.15) is 0 Å². The van der Waals surface area contributed by atoms with Crippen LogP contribution in [0.25, 0.3) is 0 Å². The van der Waals surface area contributed by atoms with Crippen LogP contribution in [0.15, 0.2) is 0 Å². The summed E-state index contributed by atoms with van der Waals surface area (Å²) in [5.74, 6) is 0. The van der Waals surface area contributed by atoms with Crippen molar-refractivity contribution in [3.63, 3.8) is 0 Å². The van der Waals surface area contributed by atoms with Gasteiger partial charge in [0.25, 0.3) is 0 Å². The molecule has 1 heterocycles. The monoisotopic (exact) mass is 173 g/mol. The molecule has 1 aliphatic rings. The van der Waals surface area contributed by atoms with Crippen LogP contribution in [-0.2, 0) is 9.47 Å². The average Bonchev–Trinajstić information content (AvgIpc) is 2.07. The standard InChI is InChI=1S/C9H19NO2/c1-2-12-9(3-6-10)4-7-11-8-5-9/h2-8,10H2,1H3. The summed E-state index contributed by atoms with van der Waals surface area (Å²) in [5.41, 5.74) is 5.58. The van der Waals surface area contributed by atoms with Gasteiger partial charge in [0.05, 0.1) is 5.60 Å². The second-order valence-electron chi connectivity index (χ2n) is 3.27. The lowest BCUT2D eigenvalue weighted by atomic mass is 9.90. The van der Waals surface area contributed by atoms with E-state index < -0.39 is 0 Å². The SMILES string of the molecule is CCOC1(CCN)CCOCC1. The van der Waals surface area contributed by atoms with Crippen LogP contribution in [0.2, 0.25) is 0 Å². The Morgan fingerprint density at radius 3 is 2.58 bits per heavy atom. The molecule has 0 aromatic carbocycles. The van der Waals surface area contributed by atoms with Gasteiger partial charge in [0, 0.05) is 19.8 Å². The summed E-state index contributed by atoms with van der Waals surface area (Å²) >= 11 is 0. The van der Waals surface area contributed by atoms with Crippen LogP contribution in [0.5, 0.6) is 0 Å². The van der Waals surface area contributed by atoms with Crippen LogP contribution in [0.4, 0.5) is 0 Å². The molecule has 0 bridgehead atoms. The second-order valence-corrected chi connectivity index (χ2v) is 3.27. The van der Waals surface area contributed by atoms with Crippen LogP contribution in [0.1, 0.15) is 26.2 Å². The van der Waals surface area contributed by atoms with Crippen molar-refractivity contribution in [1.82, 2.24) is 0 Å². The smallest absolute Gasteiger partial charge is 0.0738 e. The summed E-state index contributed by atoms with van der Waals surface area (Å²) in [7, 11) is 0. The highest BCUT2D eigenvalue weighted by Crippen LogP contribution is 2.27. The molecule has 0 spiro atoms. The fourth-order valence-corrected chi connectivity index (χ4v) is 1.78. The van der Waals surface area contributed by atoms with Crippen molar-refractivity contribution in [2.75, 3.05) is 26.4 Å². The van der Waals surface area contributed by atoms with E-state index in [1.807, 2.05) is 6.92 Å². The highest BCUT2D eigenvalue weighted by molar-refractivity contribution is 4.83. The minimum atomic E-state index is 0.0295. The second kappa shape index (κ2) is 4.80. The molecular formula is C9H19NO2. The topological polar surface area (TPSA) is 44.5 Å². The maximum Gasteiger partial charge on any atom is 0.0738 e. The quantitative estimate of drug-likeness (QED) is 0.687. The molecule has 0 unspecified atom stereocenters. The zero-order valence-corrected chi connectivity index (χ0v) is 7.84. The van der Waals surface area contributed by atoms with Crippen LogP contribution >= 0.6 is 0 Å². The predicted octanol–water partition coefficient (Wildman–Crippen LogP) is 0.921. The van der Waals surface area contributed by atoms with Gasteiger partial charge in [-0.25, -0.2) is 0 Å². The molecule has 0 saturated carbocycles. The van der Waals surface area contributed by atoms with E-state index >= 15 is 0 Å². The first-order valence-corrected chi connectivity index (χ1v) is 4.75. The molecule has 0 amide bonds. The van der Waals surface area contributed by atoms with Crippen molar-refractivity contribution in [3.8, 4) is 0 Å². The Labute approximate surface area is 74.2 Å². The molecule has 2 N–H and O–H groups in total. The first kappa shape index (κ1) is 9.96. The molecule has 72 valence electrons. The van der Waals surface area contributed by atoms with Gasteiger partial charge in [0.15, 0.2) is 0 Å². The predicted molar refractivity (Wildman–Crippen MR) is 48.1 cm³/mol. The Bertz CT molecular complexity index is 106. The fraction of sp³-hybridized carbons (Fsp3) is 1.00. The van der Waals surface area contributed by atoms with Gasteiger partial charge in [-0.2, -0.15) is 0 Å². The molecule has 1 fully saturated rings. The van der Waals surface area contributed by atoms with Gasteiger partial charge < -0.3 is 15.2 Å². The number of nitrogens with two attached hydrogens (primary N) is 1. The van der Waals surface area contributed by atoms with E-state index in [1.54, 1.807) is 0 Å². The number of hydrogen-bond acceptors (Lipinski definition) is 3. The van der Waals surface area contributed by atoms with Crippen molar-refractivity contribution in [3.05, 3.63) is 0 Å².